The Balaban J connectivity index is 1.62. The lowest BCUT2D eigenvalue weighted by atomic mass is 10.1. The van der Waals surface area contributed by atoms with Gasteiger partial charge in [-0.3, -0.25) is 0 Å². The molecule has 3 heteroatoms. The second-order valence-corrected chi connectivity index (χ2v) is 6.88. The van der Waals surface area contributed by atoms with E-state index in [2.05, 4.69) is 24.4 Å². The number of rotatable bonds is 12. The van der Waals surface area contributed by atoms with E-state index in [4.69, 9.17) is 16.3 Å². The maximum absolute atomic E-state index is 6.15. The van der Waals surface area contributed by atoms with Gasteiger partial charge in [0, 0.05) is 17.1 Å². The van der Waals surface area contributed by atoms with Crippen molar-refractivity contribution in [2.45, 2.75) is 58.6 Å². The van der Waals surface area contributed by atoms with E-state index in [9.17, 15) is 0 Å². The summed E-state index contributed by atoms with van der Waals surface area (Å²) in [4.78, 5) is 0. The van der Waals surface area contributed by atoms with E-state index in [1.807, 2.05) is 36.4 Å². The van der Waals surface area contributed by atoms with E-state index in [0.29, 0.717) is 6.61 Å². The molecule has 0 aromatic heterocycles. The molecule has 0 aliphatic rings. The highest BCUT2D eigenvalue weighted by Crippen LogP contribution is 2.19. The van der Waals surface area contributed by atoms with Crippen LogP contribution in [0.5, 0.6) is 5.75 Å². The van der Waals surface area contributed by atoms with E-state index >= 15 is 0 Å². The number of halogens is 1. The Bertz CT molecular complexity index is 597. The Morgan fingerprint density at radius 3 is 2.36 bits per heavy atom. The normalized spacial score (nSPS) is 10.8. The lowest BCUT2D eigenvalue weighted by Crippen LogP contribution is -2.14. The van der Waals surface area contributed by atoms with Crippen molar-refractivity contribution in [1.29, 1.82) is 0 Å². The quantitative estimate of drug-likeness (QED) is 0.444. The van der Waals surface area contributed by atoms with Gasteiger partial charge in [-0.2, -0.15) is 0 Å². The van der Waals surface area contributed by atoms with Gasteiger partial charge in [0.25, 0.3) is 0 Å². The third-order valence-corrected chi connectivity index (χ3v) is 4.68. The highest BCUT2D eigenvalue weighted by molar-refractivity contribution is 6.31. The van der Waals surface area contributed by atoms with Crippen molar-refractivity contribution in [3.8, 4) is 5.75 Å². The summed E-state index contributed by atoms with van der Waals surface area (Å²) in [6.07, 6.45) is 8.04. The summed E-state index contributed by atoms with van der Waals surface area (Å²) >= 11 is 6.15. The summed E-state index contributed by atoms with van der Waals surface area (Å²) in [6.45, 7) is 4.76. The molecule has 2 nitrogen and oxygen atoms in total. The molecule has 0 saturated carbocycles. The Morgan fingerprint density at radius 1 is 0.880 bits per heavy atom. The van der Waals surface area contributed by atoms with Crippen LogP contribution in [-0.2, 0) is 13.2 Å². The number of ether oxygens (including phenoxy) is 1. The molecule has 0 atom stereocenters. The van der Waals surface area contributed by atoms with Crippen molar-refractivity contribution in [1.82, 2.24) is 5.32 Å². The number of benzene rings is 2. The van der Waals surface area contributed by atoms with Crippen LogP contribution in [-0.4, -0.2) is 6.54 Å². The smallest absolute Gasteiger partial charge is 0.119 e. The summed E-state index contributed by atoms with van der Waals surface area (Å²) in [6, 6.07) is 16.1. The van der Waals surface area contributed by atoms with E-state index in [-0.39, 0.29) is 0 Å². The van der Waals surface area contributed by atoms with Crippen molar-refractivity contribution in [3.05, 3.63) is 64.7 Å². The first-order valence-electron chi connectivity index (χ1n) is 9.45. The van der Waals surface area contributed by atoms with Gasteiger partial charge >= 0.3 is 0 Å². The first kappa shape index (κ1) is 19.8. The van der Waals surface area contributed by atoms with E-state index in [0.717, 1.165) is 29.4 Å². The summed E-state index contributed by atoms with van der Waals surface area (Å²) in [5.74, 6) is 0.875. The van der Waals surface area contributed by atoms with Gasteiger partial charge in [-0.05, 0) is 36.7 Å². The Kier molecular flexibility index (Phi) is 9.46. The van der Waals surface area contributed by atoms with Crippen LogP contribution < -0.4 is 10.1 Å². The molecule has 0 bridgehead atoms. The molecule has 25 heavy (non-hydrogen) atoms. The minimum Gasteiger partial charge on any atom is -0.489 e. The summed E-state index contributed by atoms with van der Waals surface area (Å²) in [5, 5.41) is 4.27. The first-order chi connectivity index (χ1) is 12.3. The fourth-order valence-corrected chi connectivity index (χ4v) is 2.93. The maximum atomic E-state index is 6.15. The van der Waals surface area contributed by atoms with Crippen molar-refractivity contribution >= 4 is 11.6 Å². The van der Waals surface area contributed by atoms with Crippen LogP contribution in [0.25, 0.3) is 0 Å². The second-order valence-electron chi connectivity index (χ2n) is 6.47. The lowest BCUT2D eigenvalue weighted by Gasteiger charge is -2.09. The molecule has 0 aliphatic carbocycles. The molecular weight excluding hydrogens is 330 g/mol. The van der Waals surface area contributed by atoms with E-state index in [1.165, 1.54) is 44.1 Å². The van der Waals surface area contributed by atoms with Crippen LogP contribution in [0.1, 0.15) is 56.6 Å². The molecule has 0 fully saturated rings. The maximum Gasteiger partial charge on any atom is 0.119 e. The molecule has 0 spiro atoms. The lowest BCUT2D eigenvalue weighted by molar-refractivity contribution is 0.306. The molecule has 2 aromatic carbocycles. The third-order valence-electron chi connectivity index (χ3n) is 4.31. The molecule has 1 N–H and O–H groups in total. The van der Waals surface area contributed by atoms with Gasteiger partial charge in [0.2, 0.25) is 0 Å². The number of unbranched alkanes of at least 4 members (excludes halogenated alkanes) is 5. The minimum atomic E-state index is 0.495. The fourth-order valence-electron chi connectivity index (χ4n) is 2.74. The minimum absolute atomic E-state index is 0.495. The predicted octanol–water partition coefficient (Wildman–Crippen LogP) is 6.37. The first-order valence-corrected chi connectivity index (χ1v) is 9.83. The number of nitrogens with one attached hydrogen (secondary N) is 1. The number of hydrogen-bond acceptors (Lipinski definition) is 2. The van der Waals surface area contributed by atoms with Crippen LogP contribution in [0, 0.1) is 0 Å². The highest BCUT2D eigenvalue weighted by atomic mass is 35.5. The predicted molar refractivity (Wildman–Crippen MR) is 107 cm³/mol. The average molecular weight is 360 g/mol. The highest BCUT2D eigenvalue weighted by Gasteiger charge is 2.01. The molecule has 0 saturated heterocycles. The monoisotopic (exact) mass is 359 g/mol. The molecule has 0 amide bonds. The van der Waals surface area contributed by atoms with Gasteiger partial charge < -0.3 is 10.1 Å². The average Bonchev–Trinajstić information content (AvgIpc) is 2.64. The van der Waals surface area contributed by atoms with Gasteiger partial charge in [0.15, 0.2) is 0 Å². The van der Waals surface area contributed by atoms with Crippen molar-refractivity contribution < 1.29 is 4.74 Å². The van der Waals surface area contributed by atoms with E-state index < -0.39 is 0 Å². The number of hydrogen-bond donors (Lipinski definition) is 1. The van der Waals surface area contributed by atoms with Crippen molar-refractivity contribution in [2.24, 2.45) is 0 Å². The molecule has 0 unspecified atom stereocenters. The topological polar surface area (TPSA) is 21.3 Å². The zero-order chi connectivity index (χ0) is 17.7. The molecular formula is C22H30ClNO. The van der Waals surface area contributed by atoms with Crippen molar-refractivity contribution in [3.63, 3.8) is 0 Å². The molecule has 2 aromatic rings. The SMILES string of the molecule is CCCCCCCCNCc1ccc(OCc2ccccc2Cl)cc1. The van der Waals surface area contributed by atoms with Gasteiger partial charge in [-0.25, -0.2) is 0 Å². The zero-order valence-electron chi connectivity index (χ0n) is 15.3. The van der Waals surface area contributed by atoms with Gasteiger partial charge in [0.1, 0.15) is 12.4 Å². The summed E-state index contributed by atoms with van der Waals surface area (Å²) in [5.41, 5.74) is 2.30. The van der Waals surface area contributed by atoms with Gasteiger partial charge in [-0.15, -0.1) is 0 Å². The van der Waals surface area contributed by atoms with Gasteiger partial charge in [-0.1, -0.05) is 81.0 Å². The van der Waals surface area contributed by atoms with Crippen LogP contribution in [0.4, 0.5) is 0 Å². The van der Waals surface area contributed by atoms with E-state index in [1.54, 1.807) is 0 Å². The standard InChI is InChI=1S/C22H30ClNO/c1-2-3-4-5-6-9-16-24-17-19-12-14-21(15-13-19)25-18-20-10-7-8-11-22(20)23/h7-8,10-15,24H,2-6,9,16-18H2,1H3. The Labute approximate surface area is 157 Å². The third kappa shape index (κ3) is 7.94. The van der Waals surface area contributed by atoms with Crippen LogP contribution in [0.3, 0.4) is 0 Å². The Hall–Kier alpha value is -1.51. The molecule has 0 heterocycles. The summed E-state index contributed by atoms with van der Waals surface area (Å²) in [7, 11) is 0. The zero-order valence-corrected chi connectivity index (χ0v) is 16.0. The molecule has 2 rings (SSSR count). The molecule has 136 valence electrons. The Morgan fingerprint density at radius 2 is 1.60 bits per heavy atom. The van der Waals surface area contributed by atoms with Crippen LogP contribution >= 0.6 is 11.6 Å². The largest absolute Gasteiger partial charge is 0.489 e. The van der Waals surface area contributed by atoms with Gasteiger partial charge in [0.05, 0.1) is 0 Å². The van der Waals surface area contributed by atoms with Crippen LogP contribution in [0.2, 0.25) is 5.02 Å². The molecule has 0 radical (unpaired) electrons. The second kappa shape index (κ2) is 11.9. The fraction of sp³-hybridized carbons (Fsp3) is 0.455. The van der Waals surface area contributed by atoms with Crippen LogP contribution in [0.15, 0.2) is 48.5 Å². The molecule has 0 aliphatic heterocycles. The van der Waals surface area contributed by atoms with Crippen molar-refractivity contribution in [2.75, 3.05) is 6.54 Å². The summed E-state index contributed by atoms with van der Waals surface area (Å²) < 4.78 is 5.81.